The number of fused-ring (bicyclic) bond motifs is 3. The van der Waals surface area contributed by atoms with Crippen LogP contribution in [0.15, 0.2) is 36.4 Å². The molecule has 7 heteroatoms. The van der Waals surface area contributed by atoms with Crippen LogP contribution in [0.2, 0.25) is 0 Å². The number of thiazole rings is 2. The number of hydrogen-bond donors (Lipinski definition) is 0. The lowest BCUT2D eigenvalue weighted by Gasteiger charge is -2.04. The Labute approximate surface area is 214 Å². The molecule has 0 aliphatic carbocycles. The van der Waals surface area contributed by atoms with E-state index in [1.165, 1.54) is 45.6 Å². The topological polar surface area (TPSA) is 30.7 Å². The van der Waals surface area contributed by atoms with Gasteiger partial charge in [0.1, 0.15) is 5.01 Å². The maximum absolute atomic E-state index is 5.15. The first-order chi connectivity index (χ1) is 16.4. The molecule has 0 aliphatic rings. The first-order valence-corrected chi connectivity index (χ1v) is 14.4. The molecule has 0 unspecified atom stereocenters. The summed E-state index contributed by atoms with van der Waals surface area (Å²) < 4.78 is 4.68. The lowest BCUT2D eigenvalue weighted by Crippen LogP contribution is -1.95. The Morgan fingerprint density at radius 1 is 0.706 bits per heavy atom. The second kappa shape index (κ2) is 8.27. The van der Waals surface area contributed by atoms with E-state index in [0.29, 0.717) is 0 Å². The average molecular weight is 518 g/mol. The number of nitrogens with zero attached hydrogens (tertiary/aromatic N) is 3. The van der Waals surface area contributed by atoms with E-state index in [9.17, 15) is 0 Å². The van der Waals surface area contributed by atoms with E-state index in [2.05, 4.69) is 87.7 Å². The summed E-state index contributed by atoms with van der Waals surface area (Å²) in [5.74, 6) is 0. The largest absolute Gasteiger partial charge is 0.276 e. The van der Waals surface area contributed by atoms with Crippen LogP contribution in [0.3, 0.4) is 0 Å². The third-order valence-electron chi connectivity index (χ3n) is 5.88. The van der Waals surface area contributed by atoms with Crippen molar-refractivity contribution in [3.63, 3.8) is 0 Å². The van der Waals surface area contributed by atoms with Crippen LogP contribution in [0.1, 0.15) is 36.3 Å². The molecule has 5 aromatic heterocycles. The number of aryl methyl sites for hydroxylation is 5. The second-order valence-corrected chi connectivity index (χ2v) is 13.2. The Balaban J connectivity index is 1.45. The number of rotatable bonds is 4. The summed E-state index contributed by atoms with van der Waals surface area (Å²) in [6.45, 7) is 10.7. The monoisotopic (exact) mass is 517 g/mol. The van der Waals surface area contributed by atoms with Gasteiger partial charge in [-0.05, 0) is 82.2 Å². The summed E-state index contributed by atoms with van der Waals surface area (Å²) in [4.78, 5) is 15.2. The van der Waals surface area contributed by atoms with Crippen LogP contribution in [0, 0.1) is 34.6 Å². The van der Waals surface area contributed by atoms with E-state index in [1.54, 1.807) is 22.7 Å². The minimum absolute atomic E-state index is 1.01. The minimum atomic E-state index is 1.01. The molecule has 34 heavy (non-hydrogen) atoms. The highest BCUT2D eigenvalue weighted by Gasteiger charge is 2.22. The van der Waals surface area contributed by atoms with Gasteiger partial charge >= 0.3 is 0 Å². The summed E-state index contributed by atoms with van der Waals surface area (Å²) in [7, 11) is 0. The van der Waals surface area contributed by atoms with Crippen LogP contribution in [0.25, 0.3) is 48.4 Å². The van der Waals surface area contributed by atoms with Crippen molar-refractivity contribution in [3.8, 4) is 15.6 Å². The number of benzene rings is 1. The molecule has 0 saturated heterocycles. The summed E-state index contributed by atoms with van der Waals surface area (Å²) in [5.41, 5.74) is 7.02. The Morgan fingerprint density at radius 2 is 1.35 bits per heavy atom. The Kier molecular flexibility index (Phi) is 5.33. The van der Waals surface area contributed by atoms with E-state index in [-0.39, 0.29) is 0 Å². The molecule has 3 nitrogen and oxygen atoms in total. The number of hydrogen-bond acceptors (Lipinski definition) is 6. The molecule has 6 rings (SSSR count). The van der Waals surface area contributed by atoms with Crippen molar-refractivity contribution < 1.29 is 0 Å². The zero-order valence-corrected chi connectivity index (χ0v) is 22.9. The van der Waals surface area contributed by atoms with Crippen LogP contribution in [0.5, 0.6) is 0 Å². The van der Waals surface area contributed by atoms with E-state index in [1.807, 2.05) is 22.7 Å². The zero-order chi connectivity index (χ0) is 23.6. The van der Waals surface area contributed by atoms with Crippen molar-refractivity contribution >= 4 is 78.2 Å². The summed E-state index contributed by atoms with van der Waals surface area (Å²) in [6, 6.07) is 13.2. The predicted octanol–water partition coefficient (Wildman–Crippen LogP) is 9.20. The predicted molar refractivity (Wildman–Crippen MR) is 152 cm³/mol. The van der Waals surface area contributed by atoms with Gasteiger partial charge in [-0.25, -0.2) is 9.97 Å². The van der Waals surface area contributed by atoms with Gasteiger partial charge in [0.2, 0.25) is 0 Å². The molecule has 0 bridgehead atoms. The van der Waals surface area contributed by atoms with Crippen LogP contribution in [-0.4, -0.2) is 14.5 Å². The highest BCUT2D eigenvalue weighted by atomic mass is 32.1. The van der Waals surface area contributed by atoms with Gasteiger partial charge in [-0.3, -0.25) is 4.57 Å². The van der Waals surface area contributed by atoms with Gasteiger partial charge in [-0.1, -0.05) is 17.7 Å². The molecule has 0 radical (unpaired) electrons. The van der Waals surface area contributed by atoms with Crippen molar-refractivity contribution in [2.45, 2.75) is 34.6 Å². The Morgan fingerprint density at radius 3 is 2.06 bits per heavy atom. The molecule has 0 saturated carbocycles. The quantitative estimate of drug-likeness (QED) is 0.233. The van der Waals surface area contributed by atoms with E-state index in [0.717, 1.165) is 27.0 Å². The van der Waals surface area contributed by atoms with Crippen LogP contribution in [0.4, 0.5) is 0 Å². The van der Waals surface area contributed by atoms with Gasteiger partial charge < -0.3 is 0 Å². The van der Waals surface area contributed by atoms with E-state index >= 15 is 0 Å². The Hall–Kier alpha value is -2.58. The molecule has 0 fully saturated rings. The fourth-order valence-corrected chi connectivity index (χ4v) is 8.35. The lowest BCUT2D eigenvalue weighted by molar-refractivity contribution is 1.10. The molecular formula is C27H23N3S4. The van der Waals surface area contributed by atoms with Crippen LogP contribution >= 0.6 is 45.3 Å². The third-order valence-corrected chi connectivity index (χ3v) is 10.5. The highest BCUT2D eigenvalue weighted by Crippen LogP contribution is 2.43. The summed E-state index contributed by atoms with van der Waals surface area (Å²) >= 11 is 7.21. The van der Waals surface area contributed by atoms with E-state index < -0.39 is 0 Å². The number of aromatic nitrogens is 3. The molecule has 170 valence electrons. The molecular weight excluding hydrogens is 495 g/mol. The lowest BCUT2D eigenvalue weighted by atomic mass is 10.2. The summed E-state index contributed by atoms with van der Waals surface area (Å²) in [5, 5.41) is 2.16. The second-order valence-electron chi connectivity index (χ2n) is 8.62. The maximum Gasteiger partial charge on any atom is 0.159 e. The fourth-order valence-electron chi connectivity index (χ4n) is 4.21. The molecule has 0 amide bonds. The van der Waals surface area contributed by atoms with E-state index in [4.69, 9.17) is 9.97 Å². The third kappa shape index (κ3) is 3.67. The molecule has 5 heterocycles. The first-order valence-electron chi connectivity index (χ1n) is 11.1. The van der Waals surface area contributed by atoms with Crippen molar-refractivity contribution in [1.82, 2.24) is 14.5 Å². The van der Waals surface area contributed by atoms with Gasteiger partial charge in [-0.15, -0.1) is 45.3 Å². The van der Waals surface area contributed by atoms with Gasteiger partial charge in [0, 0.05) is 20.3 Å². The van der Waals surface area contributed by atoms with Crippen LogP contribution < -0.4 is 0 Å². The molecule has 0 N–H and O–H groups in total. The zero-order valence-electron chi connectivity index (χ0n) is 19.6. The number of thiophene rings is 2. The van der Waals surface area contributed by atoms with Crippen molar-refractivity contribution in [1.29, 1.82) is 0 Å². The SMILES string of the molecule is Cc1ccc(-n2c3nc(C)sc3c3sc(-c4cc(C)c(/C=C/c5sc(C)cc5C)s4)nc32)cc1. The maximum atomic E-state index is 5.15. The smallest absolute Gasteiger partial charge is 0.159 e. The fraction of sp³-hybridized carbons (Fsp3) is 0.185. The molecule has 0 spiro atoms. The molecule has 6 aromatic rings. The van der Waals surface area contributed by atoms with Gasteiger partial charge in [0.05, 0.1) is 19.3 Å². The van der Waals surface area contributed by atoms with Crippen molar-refractivity contribution in [3.05, 3.63) is 72.7 Å². The van der Waals surface area contributed by atoms with Gasteiger partial charge in [0.15, 0.2) is 11.3 Å². The Bertz CT molecular complexity index is 1700. The molecule has 0 atom stereocenters. The summed E-state index contributed by atoms with van der Waals surface area (Å²) in [6.07, 6.45) is 4.51. The van der Waals surface area contributed by atoms with Gasteiger partial charge in [-0.2, -0.15) is 0 Å². The van der Waals surface area contributed by atoms with Crippen molar-refractivity contribution in [2.24, 2.45) is 0 Å². The van der Waals surface area contributed by atoms with Crippen LogP contribution in [-0.2, 0) is 0 Å². The van der Waals surface area contributed by atoms with Crippen molar-refractivity contribution in [2.75, 3.05) is 0 Å². The standard InChI is InChI=1S/C27H23N3S4/c1-14-6-8-19(9-7-14)30-25-23(32-18(5)28-25)24-26(30)29-27(34-24)22-13-16(3)21(33-22)11-10-20-15(2)12-17(4)31-20/h6-13H,1-5H3/b11-10+. The minimum Gasteiger partial charge on any atom is -0.276 e. The van der Waals surface area contributed by atoms with Gasteiger partial charge in [0.25, 0.3) is 0 Å². The average Bonchev–Trinajstić information content (AvgIpc) is 3.57. The first kappa shape index (κ1) is 21.9. The normalized spacial score (nSPS) is 12.1. The highest BCUT2D eigenvalue weighted by molar-refractivity contribution is 7.30. The molecule has 0 aliphatic heterocycles. The molecule has 1 aromatic carbocycles.